The number of alkyl halides is 3. The minimum Gasteiger partial charge on any atom is -0.493 e. The summed E-state index contributed by atoms with van der Waals surface area (Å²) in [6.07, 6.45) is -4.57. The highest BCUT2D eigenvalue weighted by atomic mass is 19.4. The van der Waals surface area contributed by atoms with Crippen molar-refractivity contribution in [2.24, 2.45) is 0 Å². The number of rotatable bonds is 5. The van der Waals surface area contributed by atoms with Crippen LogP contribution in [0.15, 0.2) is 12.1 Å². The lowest BCUT2D eigenvalue weighted by Crippen LogP contribution is -2.18. The van der Waals surface area contributed by atoms with Gasteiger partial charge in [-0.15, -0.1) is 13.2 Å². The molecule has 18 heavy (non-hydrogen) atoms. The Morgan fingerprint density at radius 3 is 2.06 bits per heavy atom. The molecule has 0 saturated carbocycles. The number of benzene rings is 1. The average Bonchev–Trinajstić information content (AvgIpc) is 2.28. The van der Waals surface area contributed by atoms with Crippen LogP contribution in [0.2, 0.25) is 0 Å². The molecule has 0 unspecified atom stereocenters. The molecule has 0 amide bonds. The summed E-state index contributed by atoms with van der Waals surface area (Å²) in [5, 5.41) is 0. The van der Waals surface area contributed by atoms with Gasteiger partial charge in [0.2, 0.25) is 0 Å². The Balaban J connectivity index is 3.30. The molecule has 0 aliphatic carbocycles. The van der Waals surface area contributed by atoms with Crippen molar-refractivity contribution >= 4 is 12.6 Å². The number of carbonyl (C=O) groups excluding carboxylic acids is 2. The maximum Gasteiger partial charge on any atom is 0.573 e. The van der Waals surface area contributed by atoms with Crippen molar-refractivity contribution < 1.29 is 32.2 Å². The molecule has 0 aromatic heterocycles. The summed E-state index contributed by atoms with van der Waals surface area (Å²) in [4.78, 5) is 21.6. The zero-order valence-corrected chi connectivity index (χ0v) is 9.28. The quantitative estimate of drug-likeness (QED) is 0.765. The Kier molecular flexibility index (Phi) is 4.30. The molecule has 4 nitrogen and oxygen atoms in total. The highest BCUT2D eigenvalue weighted by Crippen LogP contribution is 2.31. The number of aldehydes is 2. The molecule has 0 bridgehead atoms. The van der Waals surface area contributed by atoms with Gasteiger partial charge < -0.3 is 9.47 Å². The molecule has 0 aliphatic heterocycles. The van der Waals surface area contributed by atoms with E-state index in [1.54, 1.807) is 6.92 Å². The van der Waals surface area contributed by atoms with Crippen LogP contribution in [0.4, 0.5) is 13.2 Å². The van der Waals surface area contributed by atoms with Gasteiger partial charge in [-0.3, -0.25) is 9.59 Å². The average molecular weight is 262 g/mol. The SMILES string of the molecule is CCOc1ccc(OC(F)(F)F)c(C=O)c1C=O. The van der Waals surface area contributed by atoms with Crippen LogP contribution in [0, 0.1) is 0 Å². The standard InChI is InChI=1S/C11H9F3O4/c1-2-17-9-3-4-10(18-11(12,13)14)8(6-16)7(9)5-15/h3-6H,2H2,1H3. The molecule has 0 spiro atoms. The second-order valence-corrected chi connectivity index (χ2v) is 3.11. The molecule has 0 N–H and O–H groups in total. The molecule has 7 heteroatoms. The van der Waals surface area contributed by atoms with E-state index in [1.165, 1.54) is 0 Å². The van der Waals surface area contributed by atoms with Crippen LogP contribution in [-0.4, -0.2) is 25.5 Å². The second kappa shape index (κ2) is 5.52. The summed E-state index contributed by atoms with van der Waals surface area (Å²) >= 11 is 0. The molecule has 0 fully saturated rings. The van der Waals surface area contributed by atoms with Crippen molar-refractivity contribution in [3.63, 3.8) is 0 Å². The highest BCUT2D eigenvalue weighted by Gasteiger charge is 2.33. The van der Waals surface area contributed by atoms with Gasteiger partial charge in [-0.05, 0) is 19.1 Å². The predicted octanol–water partition coefficient (Wildman–Crippen LogP) is 2.61. The summed E-state index contributed by atoms with van der Waals surface area (Å²) in [6.45, 7) is 1.84. The number of ether oxygens (including phenoxy) is 2. The first kappa shape index (κ1) is 14.0. The molecule has 1 aromatic carbocycles. The van der Waals surface area contributed by atoms with Crippen molar-refractivity contribution in [1.29, 1.82) is 0 Å². The Morgan fingerprint density at radius 1 is 1.11 bits per heavy atom. The lowest BCUT2D eigenvalue weighted by molar-refractivity contribution is -0.274. The third-order valence-electron chi connectivity index (χ3n) is 1.97. The Hall–Kier alpha value is -2.05. The molecule has 0 heterocycles. The van der Waals surface area contributed by atoms with Gasteiger partial charge in [0.05, 0.1) is 17.7 Å². The Bertz CT molecular complexity index is 454. The van der Waals surface area contributed by atoms with Crippen LogP contribution >= 0.6 is 0 Å². The van der Waals surface area contributed by atoms with Gasteiger partial charge in [0.25, 0.3) is 0 Å². The summed E-state index contributed by atoms with van der Waals surface area (Å²) in [7, 11) is 0. The fourth-order valence-corrected chi connectivity index (χ4v) is 1.33. The molecular formula is C11H9F3O4. The number of halogens is 3. The van der Waals surface area contributed by atoms with Crippen LogP contribution in [-0.2, 0) is 0 Å². The summed E-state index contributed by atoms with van der Waals surface area (Å²) in [5.41, 5.74) is -0.762. The van der Waals surface area contributed by atoms with E-state index in [0.29, 0.717) is 0 Å². The first-order chi connectivity index (χ1) is 8.42. The van der Waals surface area contributed by atoms with E-state index in [0.717, 1.165) is 12.1 Å². The van der Waals surface area contributed by atoms with E-state index in [-0.39, 0.29) is 30.5 Å². The molecule has 0 saturated heterocycles. The summed E-state index contributed by atoms with van der Waals surface area (Å²) in [5.74, 6) is -0.702. The van der Waals surface area contributed by atoms with Gasteiger partial charge in [0, 0.05) is 0 Å². The van der Waals surface area contributed by atoms with Crippen molar-refractivity contribution in [2.45, 2.75) is 13.3 Å². The fraction of sp³-hybridized carbons (Fsp3) is 0.273. The van der Waals surface area contributed by atoms with Crippen molar-refractivity contribution in [1.82, 2.24) is 0 Å². The summed E-state index contributed by atoms with van der Waals surface area (Å²) in [6, 6.07) is 2.07. The Labute approximate surface area is 100 Å². The molecule has 0 radical (unpaired) electrons. The van der Waals surface area contributed by atoms with E-state index in [9.17, 15) is 22.8 Å². The Morgan fingerprint density at radius 2 is 1.61 bits per heavy atom. The van der Waals surface area contributed by atoms with Crippen LogP contribution in [0.25, 0.3) is 0 Å². The lowest BCUT2D eigenvalue weighted by Gasteiger charge is -2.14. The van der Waals surface area contributed by atoms with Gasteiger partial charge in [0.15, 0.2) is 12.6 Å². The van der Waals surface area contributed by atoms with Crippen LogP contribution in [0.5, 0.6) is 11.5 Å². The molecular weight excluding hydrogens is 253 g/mol. The third kappa shape index (κ3) is 3.22. The largest absolute Gasteiger partial charge is 0.573 e. The monoisotopic (exact) mass is 262 g/mol. The zero-order valence-electron chi connectivity index (χ0n) is 9.28. The van der Waals surface area contributed by atoms with Crippen molar-refractivity contribution in [2.75, 3.05) is 6.61 Å². The smallest absolute Gasteiger partial charge is 0.493 e. The minimum atomic E-state index is -4.94. The third-order valence-corrected chi connectivity index (χ3v) is 1.97. The fourth-order valence-electron chi connectivity index (χ4n) is 1.33. The first-order valence-electron chi connectivity index (χ1n) is 4.88. The van der Waals surface area contributed by atoms with Crippen LogP contribution in [0.1, 0.15) is 27.6 Å². The number of hydrogen-bond acceptors (Lipinski definition) is 4. The number of hydrogen-bond donors (Lipinski definition) is 0. The highest BCUT2D eigenvalue weighted by molar-refractivity contribution is 5.95. The van der Waals surface area contributed by atoms with Gasteiger partial charge in [0.1, 0.15) is 11.5 Å². The number of carbonyl (C=O) groups is 2. The van der Waals surface area contributed by atoms with E-state index >= 15 is 0 Å². The van der Waals surface area contributed by atoms with E-state index in [2.05, 4.69) is 4.74 Å². The van der Waals surface area contributed by atoms with Gasteiger partial charge in [-0.25, -0.2) is 0 Å². The first-order valence-corrected chi connectivity index (χ1v) is 4.88. The molecule has 0 aliphatic rings. The van der Waals surface area contributed by atoms with Crippen molar-refractivity contribution in [3.05, 3.63) is 23.3 Å². The van der Waals surface area contributed by atoms with E-state index in [4.69, 9.17) is 4.74 Å². The van der Waals surface area contributed by atoms with Gasteiger partial charge in [-0.2, -0.15) is 0 Å². The summed E-state index contributed by atoms with van der Waals surface area (Å²) < 4.78 is 44.9. The topological polar surface area (TPSA) is 52.6 Å². The normalized spacial score (nSPS) is 10.9. The van der Waals surface area contributed by atoms with E-state index < -0.39 is 17.7 Å². The van der Waals surface area contributed by atoms with Gasteiger partial charge >= 0.3 is 6.36 Å². The lowest BCUT2D eigenvalue weighted by atomic mass is 10.1. The molecule has 0 atom stereocenters. The van der Waals surface area contributed by atoms with Crippen LogP contribution in [0.3, 0.4) is 0 Å². The van der Waals surface area contributed by atoms with Crippen molar-refractivity contribution in [3.8, 4) is 11.5 Å². The zero-order chi connectivity index (χ0) is 13.8. The van der Waals surface area contributed by atoms with Gasteiger partial charge in [-0.1, -0.05) is 0 Å². The maximum atomic E-state index is 12.1. The molecule has 1 rings (SSSR count). The molecule has 1 aromatic rings. The van der Waals surface area contributed by atoms with E-state index in [1.807, 2.05) is 0 Å². The minimum absolute atomic E-state index is 0.0316. The second-order valence-electron chi connectivity index (χ2n) is 3.11. The van der Waals surface area contributed by atoms with Crippen LogP contribution < -0.4 is 9.47 Å². The predicted molar refractivity (Wildman–Crippen MR) is 55.1 cm³/mol. The molecule has 98 valence electrons. The maximum absolute atomic E-state index is 12.1.